The highest BCUT2D eigenvalue weighted by atomic mass is 32.2. The summed E-state index contributed by atoms with van der Waals surface area (Å²) in [5, 5.41) is 6.00. The number of aryl methyl sites for hydroxylation is 1. The minimum atomic E-state index is -4.88. The fourth-order valence-electron chi connectivity index (χ4n) is 2.21. The summed E-state index contributed by atoms with van der Waals surface area (Å²) in [6.07, 6.45) is -8.32. The number of carbonyl (C=O) groups excluding carboxylic acids is 1. The van der Waals surface area contributed by atoms with E-state index < -0.39 is 53.3 Å². The first-order valence-electron chi connectivity index (χ1n) is 8.30. The van der Waals surface area contributed by atoms with E-state index in [1.165, 1.54) is 6.20 Å². The number of nitrogens with one attached hydrogen (secondary N) is 1. The quantitative estimate of drug-likeness (QED) is 0.485. The number of ether oxygens (including phenoxy) is 1. The van der Waals surface area contributed by atoms with Crippen LogP contribution < -0.4 is 10.1 Å². The fraction of sp³-hybridized carbons (Fsp3) is 0.562. The molecule has 0 spiro atoms. The number of aromatic nitrogens is 3. The molecule has 0 saturated carbocycles. The van der Waals surface area contributed by atoms with Gasteiger partial charge in [0.2, 0.25) is 5.88 Å². The van der Waals surface area contributed by atoms with E-state index in [2.05, 4.69) is 20.1 Å². The minimum absolute atomic E-state index is 0.253. The van der Waals surface area contributed by atoms with Crippen LogP contribution in [0.2, 0.25) is 0 Å². The van der Waals surface area contributed by atoms with Crippen LogP contribution >= 0.6 is 23.1 Å². The number of carbonyl (C=O) groups is 1. The molecule has 0 atom stereocenters. The van der Waals surface area contributed by atoms with Crippen molar-refractivity contribution in [3.63, 3.8) is 0 Å². The number of hydrogen-bond donors (Lipinski definition) is 1. The Morgan fingerprint density at radius 3 is 2.40 bits per heavy atom. The third-order valence-electron chi connectivity index (χ3n) is 3.27. The number of amides is 1. The topological polar surface area (TPSA) is 69.0 Å². The third-order valence-corrected chi connectivity index (χ3v) is 5.45. The molecular formula is C16H18F6N4O2S2. The highest BCUT2D eigenvalue weighted by Gasteiger charge is 2.40. The van der Waals surface area contributed by atoms with E-state index in [4.69, 9.17) is 0 Å². The monoisotopic (exact) mass is 476 g/mol. The lowest BCUT2D eigenvalue weighted by Crippen LogP contribution is -2.40. The predicted octanol–water partition coefficient (Wildman–Crippen LogP) is 4.66. The van der Waals surface area contributed by atoms with E-state index in [0.717, 1.165) is 30.1 Å². The van der Waals surface area contributed by atoms with Crippen molar-refractivity contribution in [1.29, 1.82) is 0 Å². The maximum Gasteiger partial charge on any atom is 0.435 e. The Labute approximate surface area is 176 Å². The van der Waals surface area contributed by atoms with Crippen molar-refractivity contribution in [3.05, 3.63) is 22.3 Å². The molecule has 0 aromatic carbocycles. The van der Waals surface area contributed by atoms with Crippen LogP contribution in [0.5, 0.6) is 5.88 Å². The molecule has 14 heteroatoms. The second-order valence-corrected chi connectivity index (χ2v) is 9.39. The summed E-state index contributed by atoms with van der Waals surface area (Å²) < 4.78 is 82.7. The molecule has 6 nitrogen and oxygen atoms in total. The van der Waals surface area contributed by atoms with Crippen molar-refractivity contribution in [2.45, 2.75) is 48.8 Å². The van der Waals surface area contributed by atoms with Gasteiger partial charge in [-0.15, -0.1) is 11.3 Å². The molecule has 0 aliphatic rings. The Morgan fingerprint density at radius 2 is 1.87 bits per heavy atom. The molecule has 0 radical (unpaired) electrons. The molecule has 2 rings (SSSR count). The summed E-state index contributed by atoms with van der Waals surface area (Å²) >= 11 is 1.79. The Balaban J connectivity index is 2.22. The highest BCUT2D eigenvalue weighted by Crippen LogP contribution is 2.39. The van der Waals surface area contributed by atoms with Crippen molar-refractivity contribution < 1.29 is 35.9 Å². The zero-order chi connectivity index (χ0) is 22.9. The Morgan fingerprint density at radius 1 is 1.23 bits per heavy atom. The molecule has 1 N–H and O–H groups in total. The summed E-state index contributed by atoms with van der Waals surface area (Å²) in [5.74, 6) is -1.42. The summed E-state index contributed by atoms with van der Waals surface area (Å²) in [4.78, 5) is 16.4. The van der Waals surface area contributed by atoms with Gasteiger partial charge in [-0.2, -0.15) is 31.4 Å². The second-order valence-electron chi connectivity index (χ2n) is 7.14. The molecule has 0 bridgehead atoms. The minimum Gasteiger partial charge on any atom is -0.468 e. The number of rotatable bonds is 6. The molecule has 0 aliphatic heterocycles. The van der Waals surface area contributed by atoms with Gasteiger partial charge in [0.05, 0.1) is 11.8 Å². The van der Waals surface area contributed by atoms with Gasteiger partial charge in [-0.25, -0.2) is 9.67 Å². The zero-order valence-electron chi connectivity index (χ0n) is 16.2. The summed E-state index contributed by atoms with van der Waals surface area (Å²) in [5.41, 5.74) is -2.36. The van der Waals surface area contributed by atoms with Gasteiger partial charge in [0.25, 0.3) is 5.91 Å². The van der Waals surface area contributed by atoms with E-state index >= 15 is 0 Å². The zero-order valence-corrected chi connectivity index (χ0v) is 17.9. The average molecular weight is 476 g/mol. The van der Waals surface area contributed by atoms with E-state index in [-0.39, 0.29) is 9.22 Å². The first kappa shape index (κ1) is 24.3. The van der Waals surface area contributed by atoms with Crippen LogP contribution in [-0.2, 0) is 19.0 Å². The van der Waals surface area contributed by atoms with E-state index in [0.29, 0.717) is 4.68 Å². The normalized spacial score (nSPS) is 12.9. The van der Waals surface area contributed by atoms with Crippen molar-refractivity contribution >= 4 is 29.0 Å². The first-order chi connectivity index (χ1) is 13.6. The smallest absolute Gasteiger partial charge is 0.435 e. The number of nitrogens with zero attached hydrogens (tertiary/aromatic N) is 3. The first-order valence-corrected chi connectivity index (χ1v) is 10.1. The molecule has 2 aromatic heterocycles. The maximum absolute atomic E-state index is 13.3. The molecule has 1 amide bonds. The number of halogens is 6. The van der Waals surface area contributed by atoms with Crippen LogP contribution in [0.3, 0.4) is 0 Å². The van der Waals surface area contributed by atoms with Gasteiger partial charge in [0.1, 0.15) is 4.88 Å². The fourth-order valence-corrected chi connectivity index (χ4v) is 4.09. The van der Waals surface area contributed by atoms with Crippen molar-refractivity contribution in [2.75, 3.05) is 6.61 Å². The van der Waals surface area contributed by atoms with Crippen molar-refractivity contribution in [1.82, 2.24) is 20.1 Å². The van der Waals surface area contributed by atoms with Crippen LogP contribution in [-0.4, -0.2) is 39.0 Å². The Hall–Kier alpha value is -1.96. The Bertz CT molecular complexity index is 899. The molecule has 0 saturated heterocycles. The second kappa shape index (κ2) is 8.65. The largest absolute Gasteiger partial charge is 0.468 e. The Kier molecular flexibility index (Phi) is 7.01. The number of hydrogen-bond acceptors (Lipinski definition) is 6. The van der Waals surface area contributed by atoms with Gasteiger partial charge in [0.15, 0.2) is 16.6 Å². The van der Waals surface area contributed by atoms with Gasteiger partial charge in [-0.05, 0) is 20.8 Å². The molecular weight excluding hydrogens is 458 g/mol. The van der Waals surface area contributed by atoms with Crippen LogP contribution in [0.4, 0.5) is 26.3 Å². The third kappa shape index (κ3) is 6.79. The molecule has 30 heavy (non-hydrogen) atoms. The van der Waals surface area contributed by atoms with Gasteiger partial charge < -0.3 is 10.1 Å². The van der Waals surface area contributed by atoms with Gasteiger partial charge in [0, 0.05) is 18.3 Å². The molecule has 2 heterocycles. The van der Waals surface area contributed by atoms with Gasteiger partial charge in [-0.3, -0.25) is 4.79 Å². The van der Waals surface area contributed by atoms with E-state index in [1.807, 2.05) is 0 Å². The van der Waals surface area contributed by atoms with Crippen LogP contribution in [0, 0.1) is 0 Å². The summed E-state index contributed by atoms with van der Waals surface area (Å²) in [6.45, 7) is 3.59. The van der Waals surface area contributed by atoms with Gasteiger partial charge in [-0.1, -0.05) is 11.8 Å². The molecule has 2 aromatic rings. The average Bonchev–Trinajstić information content (AvgIpc) is 3.13. The van der Waals surface area contributed by atoms with Crippen molar-refractivity contribution in [2.24, 2.45) is 7.05 Å². The number of thioether (sulfide) groups is 1. The van der Waals surface area contributed by atoms with Crippen molar-refractivity contribution in [3.8, 4) is 5.88 Å². The highest BCUT2D eigenvalue weighted by molar-refractivity contribution is 8.00. The van der Waals surface area contributed by atoms with Gasteiger partial charge >= 0.3 is 12.4 Å². The van der Waals surface area contributed by atoms with Crippen LogP contribution in [0.1, 0.15) is 41.7 Å². The lowest BCUT2D eigenvalue weighted by atomic mass is 10.1. The van der Waals surface area contributed by atoms with E-state index in [1.54, 1.807) is 20.8 Å². The lowest BCUT2D eigenvalue weighted by Gasteiger charge is -2.19. The van der Waals surface area contributed by atoms with Crippen LogP contribution in [0.25, 0.3) is 0 Å². The molecule has 168 valence electrons. The molecule has 0 aliphatic carbocycles. The summed E-state index contributed by atoms with van der Waals surface area (Å²) in [6, 6.07) is 0. The lowest BCUT2D eigenvalue weighted by molar-refractivity contribution is -0.154. The summed E-state index contributed by atoms with van der Waals surface area (Å²) in [7, 11) is 1.06. The molecule has 0 unspecified atom stereocenters. The maximum atomic E-state index is 13.3. The molecule has 0 fully saturated rings. The SMILES string of the molecule is Cn1nc(C(F)(F)F)c(CSc2ncc(C(=O)NC(C)(C)C)s2)c1OCC(F)(F)F. The number of alkyl halides is 6. The predicted molar refractivity (Wildman–Crippen MR) is 98.7 cm³/mol. The van der Waals surface area contributed by atoms with Crippen LogP contribution in [0.15, 0.2) is 10.5 Å². The van der Waals surface area contributed by atoms with E-state index in [9.17, 15) is 31.1 Å². The standard InChI is InChI=1S/C16H18F6N4O2S2/c1-14(2,3)24-11(27)9-5-23-13(30-9)29-6-8-10(16(20,21)22)25-26(4)12(8)28-7-15(17,18)19/h5H,6-7H2,1-4H3,(H,24,27). The number of thiazole rings is 1.